The Morgan fingerprint density at radius 3 is 2.84 bits per heavy atom. The smallest absolute Gasteiger partial charge is 0.319 e. The van der Waals surface area contributed by atoms with Crippen molar-refractivity contribution in [3.8, 4) is 12.1 Å². The minimum atomic E-state index is 0.123. The Balaban J connectivity index is 1.34. The number of nitriles is 1. The number of anilines is 1. The summed E-state index contributed by atoms with van der Waals surface area (Å²) < 4.78 is 8.39. The minimum Gasteiger partial charge on any atom is -0.462 e. The fraction of sp³-hybridized carbons (Fsp3) is 0.414. The summed E-state index contributed by atoms with van der Waals surface area (Å²) in [6.07, 6.45) is 7.08. The first-order valence-corrected chi connectivity index (χ1v) is 13.2. The molecule has 0 saturated carbocycles. The van der Waals surface area contributed by atoms with E-state index in [1.54, 1.807) is 0 Å². The number of nitrogens with one attached hydrogen (secondary N) is 1. The normalized spacial score (nSPS) is 20.5. The Kier molecular flexibility index (Phi) is 6.64. The van der Waals surface area contributed by atoms with E-state index in [1.165, 1.54) is 22.8 Å². The molecule has 0 aliphatic carbocycles. The van der Waals surface area contributed by atoms with Crippen LogP contribution in [0.1, 0.15) is 24.8 Å². The molecule has 2 atom stereocenters. The number of ether oxygens (including phenoxy) is 1. The Labute approximate surface area is 217 Å². The number of hydrogen-bond acceptors (Lipinski definition) is 7. The lowest BCUT2D eigenvalue weighted by Gasteiger charge is -2.34. The van der Waals surface area contributed by atoms with Crippen LogP contribution in [0.25, 0.3) is 21.7 Å². The second kappa shape index (κ2) is 10.4. The summed E-state index contributed by atoms with van der Waals surface area (Å²) in [6.45, 7) is 4.83. The number of hydrogen-bond donors (Lipinski definition) is 1. The van der Waals surface area contributed by atoms with Crippen LogP contribution in [0, 0.1) is 11.3 Å². The van der Waals surface area contributed by atoms with Gasteiger partial charge < -0.3 is 24.4 Å². The van der Waals surface area contributed by atoms with Gasteiger partial charge in [0, 0.05) is 50.7 Å². The second-order valence-electron chi connectivity index (χ2n) is 10.2. The lowest BCUT2D eigenvalue weighted by atomic mass is 10.0. The van der Waals surface area contributed by atoms with E-state index in [0.717, 1.165) is 55.9 Å². The van der Waals surface area contributed by atoms with E-state index in [1.807, 2.05) is 0 Å². The van der Waals surface area contributed by atoms with Crippen molar-refractivity contribution in [2.45, 2.75) is 37.9 Å². The van der Waals surface area contributed by atoms with Gasteiger partial charge in [0.1, 0.15) is 12.4 Å². The monoisotopic (exact) mass is 495 g/mol. The van der Waals surface area contributed by atoms with Crippen molar-refractivity contribution in [3.63, 3.8) is 0 Å². The van der Waals surface area contributed by atoms with E-state index < -0.39 is 0 Å². The van der Waals surface area contributed by atoms with E-state index >= 15 is 0 Å². The van der Waals surface area contributed by atoms with Gasteiger partial charge in [-0.05, 0) is 42.8 Å². The first kappa shape index (κ1) is 23.7. The molecule has 1 N–H and O–H groups in total. The molecule has 4 aromatic rings. The third kappa shape index (κ3) is 4.97. The molecule has 2 aliphatic heterocycles. The predicted molar refractivity (Wildman–Crippen MR) is 146 cm³/mol. The third-order valence-electron chi connectivity index (χ3n) is 7.72. The number of nitrogens with zero attached hydrogens (tertiary/aromatic N) is 6. The molecular weight excluding hydrogens is 462 g/mol. The maximum absolute atomic E-state index is 9.24. The van der Waals surface area contributed by atoms with Gasteiger partial charge in [-0.25, -0.2) is 0 Å². The highest BCUT2D eigenvalue weighted by Gasteiger charge is 2.25. The Morgan fingerprint density at radius 1 is 1.08 bits per heavy atom. The van der Waals surface area contributed by atoms with E-state index in [0.29, 0.717) is 25.1 Å². The SMILES string of the molecule is CN1CCCC1COc1nc(N2CCNC(CC#N)C2)c2cn(Cc3cccc4ccccc34)cc2n1. The van der Waals surface area contributed by atoms with E-state index in [9.17, 15) is 5.26 Å². The second-order valence-corrected chi connectivity index (χ2v) is 10.2. The first-order chi connectivity index (χ1) is 18.2. The van der Waals surface area contributed by atoms with Crippen molar-refractivity contribution >= 4 is 27.5 Å². The van der Waals surface area contributed by atoms with Crippen LogP contribution in [0.2, 0.25) is 0 Å². The van der Waals surface area contributed by atoms with Gasteiger partial charge >= 0.3 is 6.01 Å². The summed E-state index contributed by atoms with van der Waals surface area (Å²) >= 11 is 0. The van der Waals surface area contributed by atoms with E-state index in [4.69, 9.17) is 14.7 Å². The summed E-state index contributed by atoms with van der Waals surface area (Å²) in [5.74, 6) is 0.890. The lowest BCUT2D eigenvalue weighted by Crippen LogP contribution is -2.50. The van der Waals surface area contributed by atoms with Crippen LogP contribution in [-0.2, 0) is 6.54 Å². The molecule has 2 saturated heterocycles. The maximum Gasteiger partial charge on any atom is 0.319 e. The topological polar surface area (TPSA) is 82.2 Å². The molecule has 6 rings (SSSR count). The molecule has 0 amide bonds. The van der Waals surface area contributed by atoms with Crippen molar-refractivity contribution in [2.24, 2.45) is 0 Å². The zero-order chi connectivity index (χ0) is 25.2. The summed E-state index contributed by atoms with van der Waals surface area (Å²) in [6, 6.07) is 18.2. The average molecular weight is 496 g/mol. The predicted octanol–water partition coefficient (Wildman–Crippen LogP) is 3.80. The number of fused-ring (bicyclic) bond motifs is 2. The molecular formula is C29H33N7O. The van der Waals surface area contributed by atoms with Gasteiger partial charge in [-0.1, -0.05) is 42.5 Å². The number of likely N-dealkylation sites (tertiary alicyclic amines) is 1. The van der Waals surface area contributed by atoms with Gasteiger partial charge in [0.05, 0.1) is 23.4 Å². The first-order valence-electron chi connectivity index (χ1n) is 13.2. The summed E-state index contributed by atoms with van der Waals surface area (Å²) in [4.78, 5) is 14.4. The van der Waals surface area contributed by atoms with Gasteiger partial charge in [0.2, 0.25) is 0 Å². The number of rotatable bonds is 7. The van der Waals surface area contributed by atoms with Crippen LogP contribution in [0.3, 0.4) is 0 Å². The molecule has 8 heteroatoms. The van der Waals surface area contributed by atoms with Gasteiger partial charge in [-0.3, -0.25) is 0 Å². The van der Waals surface area contributed by atoms with Gasteiger partial charge in [-0.15, -0.1) is 0 Å². The van der Waals surface area contributed by atoms with E-state index in [2.05, 4.69) is 87.7 Å². The molecule has 0 bridgehead atoms. The summed E-state index contributed by atoms with van der Waals surface area (Å²) in [7, 11) is 2.15. The van der Waals surface area contributed by atoms with Crippen molar-refractivity contribution in [3.05, 3.63) is 60.4 Å². The number of aromatic nitrogens is 3. The molecule has 2 aromatic heterocycles. The minimum absolute atomic E-state index is 0.123. The maximum atomic E-state index is 9.24. The molecule has 0 spiro atoms. The molecule has 190 valence electrons. The van der Waals surface area contributed by atoms with Crippen molar-refractivity contribution in [1.82, 2.24) is 24.8 Å². The number of benzene rings is 2. The average Bonchev–Trinajstić information content (AvgIpc) is 3.52. The molecule has 8 nitrogen and oxygen atoms in total. The van der Waals surface area contributed by atoms with Gasteiger partial charge in [0.15, 0.2) is 0 Å². The Bertz CT molecular complexity index is 1440. The Hall–Kier alpha value is -3.67. The van der Waals surface area contributed by atoms with Gasteiger partial charge in [0.25, 0.3) is 0 Å². The summed E-state index contributed by atoms with van der Waals surface area (Å²) in [5.41, 5.74) is 2.15. The number of piperazine rings is 1. The quantitative estimate of drug-likeness (QED) is 0.418. The molecule has 2 fully saturated rings. The molecule has 2 unspecified atom stereocenters. The van der Waals surface area contributed by atoms with Crippen molar-refractivity contribution in [2.75, 3.05) is 44.7 Å². The highest BCUT2D eigenvalue weighted by atomic mass is 16.5. The Morgan fingerprint density at radius 2 is 1.97 bits per heavy atom. The van der Waals surface area contributed by atoms with Crippen LogP contribution in [0.5, 0.6) is 6.01 Å². The van der Waals surface area contributed by atoms with Crippen LogP contribution >= 0.6 is 0 Å². The van der Waals surface area contributed by atoms with Crippen molar-refractivity contribution < 1.29 is 4.74 Å². The lowest BCUT2D eigenvalue weighted by molar-refractivity contribution is 0.188. The summed E-state index contributed by atoms with van der Waals surface area (Å²) in [5, 5.41) is 16.2. The third-order valence-corrected chi connectivity index (χ3v) is 7.72. The standard InChI is InChI=1S/C29H33N7O/c1-34-14-5-9-24(34)20-37-29-32-27-19-35(16-22-8-4-7-21-6-2-3-10-25(21)22)18-26(27)28(33-29)36-15-13-31-23(17-36)11-12-30/h2-4,6-8,10,18-19,23-24,31H,5,9,11,13-17,20H2,1H3. The van der Waals surface area contributed by atoms with Crippen LogP contribution in [-0.4, -0.2) is 71.4 Å². The van der Waals surface area contributed by atoms with E-state index in [-0.39, 0.29) is 6.04 Å². The molecule has 0 radical (unpaired) electrons. The zero-order valence-corrected chi connectivity index (χ0v) is 21.3. The largest absolute Gasteiger partial charge is 0.462 e. The molecule has 4 heterocycles. The van der Waals surface area contributed by atoms with Crippen LogP contribution in [0.4, 0.5) is 5.82 Å². The fourth-order valence-electron chi connectivity index (χ4n) is 5.69. The molecule has 37 heavy (non-hydrogen) atoms. The van der Waals surface area contributed by atoms with Gasteiger partial charge in [-0.2, -0.15) is 15.2 Å². The van der Waals surface area contributed by atoms with Crippen LogP contribution in [0.15, 0.2) is 54.9 Å². The highest BCUT2D eigenvalue weighted by molar-refractivity contribution is 5.90. The fourth-order valence-corrected chi connectivity index (χ4v) is 5.69. The number of likely N-dealkylation sites (N-methyl/N-ethyl adjacent to an activating group) is 1. The zero-order valence-electron chi connectivity index (χ0n) is 21.3. The molecule has 2 aromatic carbocycles. The molecule has 2 aliphatic rings. The van der Waals surface area contributed by atoms with Crippen LogP contribution < -0.4 is 15.0 Å². The highest BCUT2D eigenvalue weighted by Crippen LogP contribution is 2.30. The van der Waals surface area contributed by atoms with Crippen molar-refractivity contribution in [1.29, 1.82) is 5.26 Å².